The van der Waals surface area contributed by atoms with Crippen LogP contribution in [0.1, 0.15) is 67.6 Å². The van der Waals surface area contributed by atoms with Crippen molar-refractivity contribution in [3.05, 3.63) is 144 Å². The number of likely N-dealkylation sites (N-methyl/N-ethyl adjacent to an activating group) is 1. The highest BCUT2D eigenvalue weighted by Gasteiger charge is 2.36. The molecule has 296 valence electrons. The van der Waals surface area contributed by atoms with Crippen LogP contribution in [0.5, 0.6) is 0 Å². The molecule has 5 N–H and O–H groups in total. The molecule has 10 nitrogen and oxygen atoms in total. The maximum absolute atomic E-state index is 14.4. The number of rotatable bonds is 20. The lowest BCUT2D eigenvalue weighted by Crippen LogP contribution is -2.59. The number of carbonyl (C=O) groups is 5. The van der Waals surface area contributed by atoms with E-state index in [-0.39, 0.29) is 30.5 Å². The number of nitrogens with zero attached hydrogens (tertiary/aromatic N) is 1. The SMILES string of the molecule is CC(C)C[C@H](C(=O)N[C@@H](Cc1ccccc1)C(=O)N[C@@H](Cc1ccccc1)C(=O)c1ccccc1)N(C)C(=O)[C@@H](CC(C)C)NC(=O)[C@@H](N)Cc1ccccc1. The highest BCUT2D eigenvalue weighted by molar-refractivity contribution is 6.03. The zero-order chi connectivity index (χ0) is 40.6. The van der Waals surface area contributed by atoms with Crippen molar-refractivity contribution in [1.29, 1.82) is 0 Å². The van der Waals surface area contributed by atoms with Crippen molar-refractivity contribution in [3.8, 4) is 0 Å². The first-order valence-electron chi connectivity index (χ1n) is 19.5. The van der Waals surface area contributed by atoms with E-state index in [4.69, 9.17) is 5.73 Å². The van der Waals surface area contributed by atoms with E-state index in [0.29, 0.717) is 24.8 Å². The molecule has 56 heavy (non-hydrogen) atoms. The second-order valence-corrected chi connectivity index (χ2v) is 15.3. The molecule has 4 amide bonds. The lowest BCUT2D eigenvalue weighted by molar-refractivity contribution is -0.143. The third-order valence-corrected chi connectivity index (χ3v) is 9.66. The Morgan fingerprint density at radius 3 is 1.41 bits per heavy atom. The van der Waals surface area contributed by atoms with Crippen molar-refractivity contribution in [2.45, 2.75) is 90.0 Å². The summed E-state index contributed by atoms with van der Waals surface area (Å²) in [5.41, 5.74) is 9.32. The smallest absolute Gasteiger partial charge is 0.245 e. The van der Waals surface area contributed by atoms with Crippen LogP contribution in [0, 0.1) is 11.8 Å². The average molecular weight is 760 g/mol. The molecule has 0 radical (unpaired) electrons. The van der Waals surface area contributed by atoms with Crippen molar-refractivity contribution < 1.29 is 24.0 Å². The summed E-state index contributed by atoms with van der Waals surface area (Å²) in [7, 11) is 1.55. The topological polar surface area (TPSA) is 151 Å². The maximum Gasteiger partial charge on any atom is 0.245 e. The van der Waals surface area contributed by atoms with E-state index < -0.39 is 53.8 Å². The number of nitrogens with two attached hydrogens (primary N) is 1. The van der Waals surface area contributed by atoms with Gasteiger partial charge in [0.1, 0.15) is 18.1 Å². The minimum absolute atomic E-state index is 0.00131. The number of ketones is 1. The van der Waals surface area contributed by atoms with Crippen molar-refractivity contribution in [2.24, 2.45) is 17.6 Å². The Morgan fingerprint density at radius 2 is 0.929 bits per heavy atom. The van der Waals surface area contributed by atoms with E-state index in [0.717, 1.165) is 16.7 Å². The Morgan fingerprint density at radius 1 is 0.518 bits per heavy atom. The Bertz CT molecular complexity index is 1850. The fourth-order valence-corrected chi connectivity index (χ4v) is 6.68. The van der Waals surface area contributed by atoms with Crippen LogP contribution in [-0.4, -0.2) is 71.6 Å². The predicted octanol–water partition coefficient (Wildman–Crippen LogP) is 5.30. The predicted molar refractivity (Wildman–Crippen MR) is 220 cm³/mol. The Kier molecular flexibility index (Phi) is 16.5. The Labute approximate surface area is 331 Å². The minimum Gasteiger partial charge on any atom is -0.344 e. The first-order chi connectivity index (χ1) is 26.8. The molecule has 0 aromatic heterocycles. The van der Waals surface area contributed by atoms with Gasteiger partial charge in [-0.15, -0.1) is 0 Å². The van der Waals surface area contributed by atoms with Crippen molar-refractivity contribution >= 4 is 29.4 Å². The molecule has 10 heteroatoms. The van der Waals surface area contributed by atoms with Gasteiger partial charge in [0.25, 0.3) is 0 Å². The molecular weight excluding hydrogens is 703 g/mol. The summed E-state index contributed by atoms with van der Waals surface area (Å²) < 4.78 is 0. The number of hydrogen-bond acceptors (Lipinski definition) is 6. The molecule has 0 unspecified atom stereocenters. The standard InChI is InChI=1S/C46H57N5O5/c1-31(2)26-40(50-43(53)37(47)28-33-18-10-6-11-19-33)46(56)51(5)41(27-32(3)4)45(55)49-39(30-35-22-14-8-15-23-35)44(54)48-38(29-34-20-12-7-13-21-34)42(52)36-24-16-9-17-25-36/h6-25,31-32,37-41H,26-30,47H2,1-5H3,(H,48,54)(H,49,55)(H,50,53)/t37-,38-,39-,40+,41+/m0/s1. The van der Waals surface area contributed by atoms with Gasteiger partial charge >= 0.3 is 0 Å². The largest absolute Gasteiger partial charge is 0.344 e. The molecular formula is C46H57N5O5. The molecule has 5 atom stereocenters. The van der Waals surface area contributed by atoms with Gasteiger partial charge < -0.3 is 26.6 Å². The molecule has 4 rings (SSSR count). The van der Waals surface area contributed by atoms with Gasteiger partial charge in [0.05, 0.1) is 12.1 Å². The number of Topliss-reactive ketones (excluding diaryl/α,β-unsaturated/α-hetero) is 1. The van der Waals surface area contributed by atoms with Gasteiger partial charge in [-0.25, -0.2) is 0 Å². The van der Waals surface area contributed by atoms with E-state index in [1.165, 1.54) is 4.90 Å². The second kappa shape index (κ2) is 21.5. The van der Waals surface area contributed by atoms with E-state index in [1.807, 2.05) is 125 Å². The van der Waals surface area contributed by atoms with Crippen LogP contribution in [0.25, 0.3) is 0 Å². The maximum atomic E-state index is 14.4. The number of nitrogens with one attached hydrogen (secondary N) is 3. The fraction of sp³-hybridized carbons (Fsp3) is 0.370. The third-order valence-electron chi connectivity index (χ3n) is 9.66. The Hall–Kier alpha value is -5.61. The summed E-state index contributed by atoms with van der Waals surface area (Å²) in [5, 5.41) is 8.79. The van der Waals surface area contributed by atoms with Gasteiger partial charge in [0, 0.05) is 25.5 Å². The van der Waals surface area contributed by atoms with Gasteiger partial charge in [-0.05, 0) is 47.8 Å². The summed E-state index contributed by atoms with van der Waals surface area (Å²) >= 11 is 0. The molecule has 0 fully saturated rings. The Balaban J connectivity index is 1.58. The normalized spacial score (nSPS) is 13.9. The number of amides is 4. The number of hydrogen-bond donors (Lipinski definition) is 4. The molecule has 0 aliphatic heterocycles. The molecule has 0 heterocycles. The van der Waals surface area contributed by atoms with E-state index in [1.54, 1.807) is 31.3 Å². The second-order valence-electron chi connectivity index (χ2n) is 15.3. The molecule has 4 aromatic rings. The van der Waals surface area contributed by atoms with Gasteiger partial charge in [-0.3, -0.25) is 24.0 Å². The van der Waals surface area contributed by atoms with Crippen LogP contribution in [0.3, 0.4) is 0 Å². The molecule has 0 saturated heterocycles. The average Bonchev–Trinajstić information content (AvgIpc) is 3.19. The van der Waals surface area contributed by atoms with Crippen molar-refractivity contribution in [3.63, 3.8) is 0 Å². The molecule has 4 aromatic carbocycles. The van der Waals surface area contributed by atoms with Gasteiger partial charge in [-0.2, -0.15) is 0 Å². The van der Waals surface area contributed by atoms with Crippen molar-refractivity contribution in [2.75, 3.05) is 7.05 Å². The summed E-state index contributed by atoms with van der Waals surface area (Å²) in [5.74, 6) is -2.14. The van der Waals surface area contributed by atoms with E-state index >= 15 is 0 Å². The van der Waals surface area contributed by atoms with Crippen molar-refractivity contribution in [1.82, 2.24) is 20.9 Å². The molecule has 0 bridgehead atoms. The van der Waals surface area contributed by atoms with Crippen LogP contribution in [0.4, 0.5) is 0 Å². The lowest BCUT2D eigenvalue weighted by Gasteiger charge is -2.33. The van der Waals surface area contributed by atoms with Crippen LogP contribution >= 0.6 is 0 Å². The summed E-state index contributed by atoms with van der Waals surface area (Å²) in [4.78, 5) is 71.5. The molecule has 0 spiro atoms. The van der Waals surface area contributed by atoms with E-state index in [9.17, 15) is 24.0 Å². The first kappa shape index (κ1) is 43.1. The highest BCUT2D eigenvalue weighted by Crippen LogP contribution is 2.17. The lowest BCUT2D eigenvalue weighted by atomic mass is 9.96. The van der Waals surface area contributed by atoms with Crippen LogP contribution in [-0.2, 0) is 38.4 Å². The summed E-state index contributed by atoms with van der Waals surface area (Å²) in [6, 6.07) is 32.2. The molecule has 0 aliphatic rings. The van der Waals surface area contributed by atoms with Gasteiger partial charge in [-0.1, -0.05) is 149 Å². The van der Waals surface area contributed by atoms with Gasteiger partial charge in [0.15, 0.2) is 5.78 Å². The fourth-order valence-electron chi connectivity index (χ4n) is 6.68. The third kappa shape index (κ3) is 13.3. The van der Waals surface area contributed by atoms with Crippen LogP contribution in [0.2, 0.25) is 0 Å². The summed E-state index contributed by atoms with van der Waals surface area (Å²) in [6.07, 6.45) is 1.33. The van der Waals surface area contributed by atoms with Gasteiger partial charge in [0.2, 0.25) is 23.6 Å². The number of carbonyl (C=O) groups excluding carboxylic acids is 5. The molecule has 0 aliphatic carbocycles. The minimum atomic E-state index is -1.08. The zero-order valence-electron chi connectivity index (χ0n) is 33.2. The quantitative estimate of drug-likeness (QED) is 0.0899. The zero-order valence-corrected chi connectivity index (χ0v) is 33.2. The monoisotopic (exact) mass is 759 g/mol. The van der Waals surface area contributed by atoms with E-state index in [2.05, 4.69) is 16.0 Å². The summed E-state index contributed by atoms with van der Waals surface area (Å²) in [6.45, 7) is 7.81. The van der Waals surface area contributed by atoms with Crippen LogP contribution in [0.15, 0.2) is 121 Å². The molecule has 0 saturated carbocycles. The highest BCUT2D eigenvalue weighted by atomic mass is 16.2. The first-order valence-corrected chi connectivity index (χ1v) is 19.5. The number of benzene rings is 4. The van der Waals surface area contributed by atoms with Crippen LogP contribution < -0.4 is 21.7 Å².